The summed E-state index contributed by atoms with van der Waals surface area (Å²) >= 11 is 0. The highest BCUT2D eigenvalue weighted by molar-refractivity contribution is 5.72. The molecule has 49 heavy (non-hydrogen) atoms. The van der Waals surface area contributed by atoms with Gasteiger partial charge in [-0.15, -0.1) is 0 Å². The van der Waals surface area contributed by atoms with Crippen LogP contribution in [0.25, 0.3) is 0 Å². The van der Waals surface area contributed by atoms with Crippen molar-refractivity contribution in [2.75, 3.05) is 41.0 Å². The van der Waals surface area contributed by atoms with Crippen LogP contribution < -0.4 is 0 Å². The van der Waals surface area contributed by atoms with E-state index < -0.39 is 18.1 Å². The minimum atomic E-state index is -0.879. The second-order valence-electron chi connectivity index (χ2n) is 14.6. The first-order valence-electron chi connectivity index (χ1n) is 19.9. The second-order valence-corrected chi connectivity index (χ2v) is 14.6. The molecule has 8 nitrogen and oxygen atoms in total. The number of carbonyl (C=O) groups is 3. The van der Waals surface area contributed by atoms with E-state index in [-0.39, 0.29) is 36.2 Å². The predicted octanol–water partition coefficient (Wildman–Crippen LogP) is 10.1. The number of allylic oxidation sites excluding steroid dienone is 4. The van der Waals surface area contributed by atoms with Gasteiger partial charge >= 0.3 is 17.9 Å². The number of carboxylic acid groups (broad SMARTS) is 1. The van der Waals surface area contributed by atoms with Crippen molar-refractivity contribution < 1.29 is 38.2 Å². The lowest BCUT2D eigenvalue weighted by molar-refractivity contribution is -0.887. The molecule has 0 aromatic carbocycles. The topological polar surface area (TPSA) is 99.1 Å². The van der Waals surface area contributed by atoms with E-state index in [1.807, 2.05) is 21.1 Å². The summed E-state index contributed by atoms with van der Waals surface area (Å²) in [4.78, 5) is 36.7. The third-order valence-corrected chi connectivity index (χ3v) is 8.88. The third-order valence-electron chi connectivity index (χ3n) is 8.88. The molecule has 0 aromatic rings. The zero-order valence-corrected chi connectivity index (χ0v) is 32.4. The Hall–Kier alpha value is -2.19. The lowest BCUT2D eigenvalue weighted by Crippen LogP contribution is -2.50. The fraction of sp³-hybridized carbons (Fsp3) is 0.829. The van der Waals surface area contributed by atoms with Gasteiger partial charge in [-0.05, 0) is 38.5 Å². The Balaban J connectivity index is 4.43. The van der Waals surface area contributed by atoms with Crippen molar-refractivity contribution in [2.45, 2.75) is 180 Å². The summed E-state index contributed by atoms with van der Waals surface area (Å²) in [5, 5.41) is 9.58. The molecule has 286 valence electrons. The van der Waals surface area contributed by atoms with Crippen LogP contribution in [0.4, 0.5) is 0 Å². The van der Waals surface area contributed by atoms with E-state index in [1.54, 1.807) is 0 Å². The normalized spacial score (nSPS) is 13.2. The lowest BCUT2D eigenvalue weighted by Gasteiger charge is -2.31. The monoisotopic (exact) mass is 695 g/mol. The predicted molar refractivity (Wildman–Crippen MR) is 202 cm³/mol. The number of esters is 2. The average Bonchev–Trinajstić information content (AvgIpc) is 3.05. The van der Waals surface area contributed by atoms with Gasteiger partial charge in [-0.2, -0.15) is 0 Å². The van der Waals surface area contributed by atoms with Crippen LogP contribution in [0.3, 0.4) is 0 Å². The number of nitrogens with zero attached hydrogens (tertiary/aromatic N) is 1. The van der Waals surface area contributed by atoms with Gasteiger partial charge in [0.15, 0.2) is 12.1 Å². The smallest absolute Gasteiger partial charge is 0.362 e. The van der Waals surface area contributed by atoms with Crippen molar-refractivity contribution in [2.24, 2.45) is 0 Å². The third kappa shape index (κ3) is 31.5. The molecule has 1 N–H and O–H groups in total. The van der Waals surface area contributed by atoms with Crippen molar-refractivity contribution in [1.29, 1.82) is 0 Å². The molecule has 0 saturated heterocycles. The number of rotatable bonds is 35. The minimum Gasteiger partial charge on any atom is -0.477 e. The Morgan fingerprint density at radius 2 is 1.06 bits per heavy atom. The molecule has 0 fully saturated rings. The number of carboxylic acids is 1. The van der Waals surface area contributed by atoms with Crippen LogP contribution in [0.2, 0.25) is 0 Å². The van der Waals surface area contributed by atoms with Gasteiger partial charge in [0.25, 0.3) is 0 Å². The molecule has 0 heterocycles. The van der Waals surface area contributed by atoms with Crippen molar-refractivity contribution in [3.05, 3.63) is 24.3 Å². The Labute approximate surface area is 301 Å². The fourth-order valence-electron chi connectivity index (χ4n) is 5.73. The van der Waals surface area contributed by atoms with Crippen molar-refractivity contribution in [1.82, 2.24) is 0 Å². The Morgan fingerprint density at radius 3 is 1.55 bits per heavy atom. The van der Waals surface area contributed by atoms with Crippen molar-refractivity contribution in [3.63, 3.8) is 0 Å². The summed E-state index contributed by atoms with van der Waals surface area (Å²) < 4.78 is 17.2. The number of hydrogen-bond donors (Lipinski definition) is 1. The number of ether oxygens (including phenoxy) is 3. The van der Waals surface area contributed by atoms with Crippen LogP contribution in [0.5, 0.6) is 0 Å². The highest BCUT2D eigenvalue weighted by Crippen LogP contribution is 2.13. The number of unbranched alkanes of at least 4 members (excludes halogenated alkanes) is 18. The largest absolute Gasteiger partial charge is 0.477 e. The average molecular weight is 695 g/mol. The molecule has 0 amide bonds. The molecule has 0 aliphatic heterocycles. The summed E-state index contributed by atoms with van der Waals surface area (Å²) in [6, 6.07) is -0.615. The van der Waals surface area contributed by atoms with Crippen LogP contribution in [-0.4, -0.2) is 80.6 Å². The molecular formula is C41H76NO7+. The number of likely N-dealkylation sites (N-methyl/N-ethyl adjacent to an activating group) is 1. The molecule has 0 aliphatic rings. The highest BCUT2D eigenvalue weighted by atomic mass is 16.6. The second kappa shape index (κ2) is 33.0. The van der Waals surface area contributed by atoms with Crippen LogP contribution in [0.1, 0.15) is 168 Å². The van der Waals surface area contributed by atoms with Gasteiger partial charge in [0.05, 0.1) is 34.4 Å². The van der Waals surface area contributed by atoms with Crippen molar-refractivity contribution >= 4 is 17.9 Å². The Bertz CT molecular complexity index is 864. The van der Waals surface area contributed by atoms with Crippen molar-refractivity contribution in [3.8, 4) is 0 Å². The van der Waals surface area contributed by atoms with E-state index in [4.69, 9.17) is 14.2 Å². The molecule has 0 spiro atoms. The van der Waals surface area contributed by atoms with Crippen LogP contribution in [0.15, 0.2) is 24.3 Å². The van der Waals surface area contributed by atoms with E-state index in [1.165, 1.54) is 83.5 Å². The van der Waals surface area contributed by atoms with E-state index in [9.17, 15) is 19.5 Å². The summed E-state index contributed by atoms with van der Waals surface area (Å²) in [6.07, 6.45) is 33.6. The first-order valence-corrected chi connectivity index (χ1v) is 19.9. The Kier molecular flexibility index (Phi) is 31.5. The van der Waals surface area contributed by atoms with Crippen LogP contribution in [0, 0.1) is 0 Å². The van der Waals surface area contributed by atoms with Gasteiger partial charge in [0.2, 0.25) is 0 Å². The van der Waals surface area contributed by atoms with Crippen LogP contribution >= 0.6 is 0 Å². The standard InChI is InChI=1S/C41H75NO7/c1-6-8-10-12-14-16-17-18-19-20-21-22-24-26-28-30-32-40(44)49-37(35-47-34-33-38(41(45)46)42(3,4)5)36-48-39(43)31-29-27-25-23-15-13-11-9-7-2/h19-22,37-38H,6-18,23-36H2,1-5H3/p+1/b20-19+,22-21+. The number of quaternary nitrogens is 1. The number of carbonyl (C=O) groups excluding carboxylic acids is 2. The van der Waals surface area contributed by atoms with Gasteiger partial charge in [0.1, 0.15) is 6.61 Å². The molecule has 8 heteroatoms. The summed E-state index contributed by atoms with van der Waals surface area (Å²) in [7, 11) is 5.51. The van der Waals surface area contributed by atoms with Gasteiger partial charge < -0.3 is 23.8 Å². The SMILES string of the molecule is CCCCCCCCC/C=C/C=C/CCCCCC(=O)OC(COCCC(C(=O)O)[N+](C)(C)C)COC(=O)CCCCCCCCCCC. The fourth-order valence-corrected chi connectivity index (χ4v) is 5.73. The first kappa shape index (κ1) is 46.8. The lowest BCUT2D eigenvalue weighted by atomic mass is 10.1. The van der Waals surface area contributed by atoms with Gasteiger partial charge in [-0.3, -0.25) is 9.59 Å². The molecule has 2 unspecified atom stereocenters. The molecule has 2 atom stereocenters. The van der Waals surface area contributed by atoms with Gasteiger partial charge in [-0.25, -0.2) is 4.79 Å². The molecule has 0 rings (SSSR count). The number of aliphatic carboxylic acids is 1. The van der Waals surface area contributed by atoms with E-state index in [0.717, 1.165) is 51.4 Å². The summed E-state index contributed by atoms with van der Waals surface area (Å²) in [5.41, 5.74) is 0. The zero-order chi connectivity index (χ0) is 36.4. The van der Waals surface area contributed by atoms with E-state index >= 15 is 0 Å². The number of hydrogen-bond acceptors (Lipinski definition) is 6. The first-order chi connectivity index (χ1) is 23.6. The molecule has 0 bridgehead atoms. The van der Waals surface area contributed by atoms with E-state index in [2.05, 4.69) is 38.2 Å². The molecule has 0 aliphatic carbocycles. The maximum Gasteiger partial charge on any atom is 0.362 e. The highest BCUT2D eigenvalue weighted by Gasteiger charge is 2.31. The van der Waals surface area contributed by atoms with Crippen LogP contribution in [-0.2, 0) is 28.6 Å². The molecule has 0 radical (unpaired) electrons. The summed E-state index contributed by atoms with van der Waals surface area (Å²) in [5.74, 6) is -1.50. The Morgan fingerprint density at radius 1 is 0.612 bits per heavy atom. The maximum atomic E-state index is 12.6. The molecule has 0 aromatic heterocycles. The van der Waals surface area contributed by atoms with Gasteiger partial charge in [0, 0.05) is 19.3 Å². The summed E-state index contributed by atoms with van der Waals surface area (Å²) in [6.45, 7) is 4.67. The quantitative estimate of drug-likeness (QED) is 0.0305. The minimum absolute atomic E-state index is 0.0534. The van der Waals surface area contributed by atoms with Gasteiger partial charge in [-0.1, -0.05) is 134 Å². The van der Waals surface area contributed by atoms with E-state index in [0.29, 0.717) is 19.3 Å². The molecular weight excluding hydrogens is 618 g/mol. The molecule has 0 saturated carbocycles. The maximum absolute atomic E-state index is 12.6. The zero-order valence-electron chi connectivity index (χ0n) is 32.4.